The molecule has 0 bridgehead atoms. The van der Waals surface area contributed by atoms with Crippen molar-refractivity contribution >= 4 is 29.1 Å². The first-order valence-corrected chi connectivity index (χ1v) is 10.5. The molecule has 0 spiro atoms. The summed E-state index contributed by atoms with van der Waals surface area (Å²) < 4.78 is 5.37. The monoisotopic (exact) mass is 446 g/mol. The zero-order valence-electron chi connectivity index (χ0n) is 17.7. The third-order valence-corrected chi connectivity index (χ3v) is 5.08. The van der Waals surface area contributed by atoms with Crippen LogP contribution in [0, 0.1) is 0 Å². The standard InChI is InChI=1S/C22H27ClN4O4/c1-22(2,14-27-7-9-31-10-8-27)26-21(30)18-13-17(5-6-24-18)25-20(29)12-15-11-16(23)3-4-19(15)28/h3-6,11,13,28H,7-10,12,14H2,1-2H3,(H,26,30)(H,24,25,29). The summed E-state index contributed by atoms with van der Waals surface area (Å²) in [6.07, 6.45) is 1.42. The molecular weight excluding hydrogens is 420 g/mol. The molecule has 3 rings (SSSR count). The highest BCUT2D eigenvalue weighted by atomic mass is 35.5. The molecule has 0 atom stereocenters. The Kier molecular flexibility index (Phi) is 7.48. The Morgan fingerprint density at radius 3 is 2.71 bits per heavy atom. The summed E-state index contributed by atoms with van der Waals surface area (Å²) in [6.45, 7) is 7.68. The number of amides is 2. The molecule has 1 aliphatic rings. The van der Waals surface area contributed by atoms with Gasteiger partial charge in [-0.3, -0.25) is 19.5 Å². The average molecular weight is 447 g/mol. The Hall–Kier alpha value is -2.68. The molecular formula is C22H27ClN4O4. The first kappa shape index (κ1) is 23.0. The number of anilines is 1. The van der Waals surface area contributed by atoms with Crippen LogP contribution >= 0.6 is 11.6 Å². The lowest BCUT2D eigenvalue weighted by Gasteiger charge is -2.35. The number of rotatable bonds is 7. The number of ether oxygens (including phenoxy) is 1. The summed E-state index contributed by atoms with van der Waals surface area (Å²) in [4.78, 5) is 31.5. The highest BCUT2D eigenvalue weighted by Gasteiger charge is 2.26. The summed E-state index contributed by atoms with van der Waals surface area (Å²) in [5.41, 5.74) is 0.609. The number of aromatic hydroxyl groups is 1. The smallest absolute Gasteiger partial charge is 0.270 e. The number of aromatic nitrogens is 1. The zero-order chi connectivity index (χ0) is 22.4. The molecule has 2 heterocycles. The molecule has 0 radical (unpaired) electrons. The Bertz CT molecular complexity index is 945. The van der Waals surface area contributed by atoms with Crippen molar-refractivity contribution in [1.82, 2.24) is 15.2 Å². The molecule has 1 fully saturated rings. The topological polar surface area (TPSA) is 104 Å². The van der Waals surface area contributed by atoms with E-state index in [9.17, 15) is 14.7 Å². The van der Waals surface area contributed by atoms with Crippen LogP contribution in [0.1, 0.15) is 29.9 Å². The molecule has 31 heavy (non-hydrogen) atoms. The lowest BCUT2D eigenvalue weighted by Crippen LogP contribution is -2.53. The molecule has 9 heteroatoms. The number of hydrogen-bond donors (Lipinski definition) is 3. The first-order chi connectivity index (χ1) is 14.7. The van der Waals surface area contributed by atoms with Gasteiger partial charge in [0.15, 0.2) is 0 Å². The third kappa shape index (κ3) is 6.92. The van der Waals surface area contributed by atoms with Crippen LogP contribution in [0.5, 0.6) is 5.75 Å². The highest BCUT2D eigenvalue weighted by Crippen LogP contribution is 2.22. The van der Waals surface area contributed by atoms with Gasteiger partial charge >= 0.3 is 0 Å². The van der Waals surface area contributed by atoms with Gasteiger partial charge < -0.3 is 20.5 Å². The lowest BCUT2D eigenvalue weighted by atomic mass is 10.0. The molecule has 2 aromatic rings. The second kappa shape index (κ2) is 10.1. The molecule has 1 saturated heterocycles. The van der Waals surface area contributed by atoms with Gasteiger partial charge in [-0.25, -0.2) is 0 Å². The fraction of sp³-hybridized carbons (Fsp3) is 0.409. The van der Waals surface area contributed by atoms with Crippen molar-refractivity contribution in [2.24, 2.45) is 0 Å². The van der Waals surface area contributed by atoms with Crippen molar-refractivity contribution in [3.8, 4) is 5.75 Å². The predicted molar refractivity (Wildman–Crippen MR) is 118 cm³/mol. The molecule has 166 valence electrons. The number of hydrogen-bond acceptors (Lipinski definition) is 6. The van der Waals surface area contributed by atoms with Gasteiger partial charge in [-0.15, -0.1) is 0 Å². The minimum absolute atomic E-state index is 0.00292. The Morgan fingerprint density at radius 2 is 1.97 bits per heavy atom. The van der Waals surface area contributed by atoms with E-state index in [0.717, 1.165) is 13.1 Å². The van der Waals surface area contributed by atoms with Gasteiger partial charge in [0.25, 0.3) is 5.91 Å². The predicted octanol–water partition coefficient (Wildman–Crippen LogP) is 2.46. The van der Waals surface area contributed by atoms with Crippen molar-refractivity contribution < 1.29 is 19.4 Å². The number of phenols is 1. The number of carbonyl (C=O) groups is 2. The normalized spacial score (nSPS) is 14.8. The van der Waals surface area contributed by atoms with Crippen molar-refractivity contribution in [2.45, 2.75) is 25.8 Å². The van der Waals surface area contributed by atoms with E-state index in [1.54, 1.807) is 18.2 Å². The third-order valence-electron chi connectivity index (χ3n) is 4.84. The van der Waals surface area contributed by atoms with Crippen LogP contribution in [0.2, 0.25) is 5.02 Å². The fourth-order valence-electron chi connectivity index (χ4n) is 3.44. The molecule has 8 nitrogen and oxygen atoms in total. The molecule has 0 unspecified atom stereocenters. The molecule has 1 aromatic heterocycles. The van der Waals surface area contributed by atoms with Gasteiger partial charge in [-0.2, -0.15) is 0 Å². The highest BCUT2D eigenvalue weighted by molar-refractivity contribution is 6.30. The summed E-state index contributed by atoms with van der Waals surface area (Å²) in [5, 5.41) is 16.0. The maximum atomic E-state index is 12.7. The Morgan fingerprint density at radius 1 is 1.23 bits per heavy atom. The average Bonchev–Trinajstić information content (AvgIpc) is 2.71. The molecule has 2 amide bonds. The van der Waals surface area contributed by atoms with Crippen LogP contribution in [0.25, 0.3) is 0 Å². The number of nitrogens with one attached hydrogen (secondary N) is 2. The minimum atomic E-state index is -0.459. The number of pyridine rings is 1. The zero-order valence-corrected chi connectivity index (χ0v) is 18.4. The van der Waals surface area contributed by atoms with E-state index in [2.05, 4.69) is 20.5 Å². The van der Waals surface area contributed by atoms with Gasteiger partial charge in [0, 0.05) is 47.6 Å². The number of benzene rings is 1. The fourth-order valence-corrected chi connectivity index (χ4v) is 3.63. The number of carbonyl (C=O) groups excluding carboxylic acids is 2. The Labute approximate surface area is 186 Å². The molecule has 1 aromatic carbocycles. The number of halogens is 1. The van der Waals surface area contributed by atoms with Crippen molar-refractivity contribution in [2.75, 3.05) is 38.2 Å². The van der Waals surface area contributed by atoms with Crippen molar-refractivity contribution in [3.05, 3.63) is 52.8 Å². The van der Waals surface area contributed by atoms with Crippen molar-refractivity contribution in [1.29, 1.82) is 0 Å². The summed E-state index contributed by atoms with van der Waals surface area (Å²) in [6, 6.07) is 7.66. The van der Waals surface area contributed by atoms with Crippen LogP contribution in [0.4, 0.5) is 5.69 Å². The summed E-state index contributed by atoms with van der Waals surface area (Å²) >= 11 is 5.93. The van der Waals surface area contributed by atoms with E-state index < -0.39 is 5.54 Å². The van der Waals surface area contributed by atoms with E-state index in [-0.39, 0.29) is 29.7 Å². The van der Waals surface area contributed by atoms with Gasteiger partial charge in [0.2, 0.25) is 5.91 Å². The maximum absolute atomic E-state index is 12.7. The molecule has 0 saturated carbocycles. The maximum Gasteiger partial charge on any atom is 0.270 e. The van der Waals surface area contributed by atoms with Crippen LogP contribution in [-0.4, -0.2) is 65.2 Å². The van der Waals surface area contributed by atoms with E-state index >= 15 is 0 Å². The van der Waals surface area contributed by atoms with Crippen LogP contribution in [0.3, 0.4) is 0 Å². The SMILES string of the molecule is CC(C)(CN1CCOCC1)NC(=O)c1cc(NC(=O)Cc2cc(Cl)ccc2O)ccn1. The van der Waals surface area contributed by atoms with Crippen LogP contribution in [-0.2, 0) is 16.0 Å². The van der Waals surface area contributed by atoms with E-state index in [0.29, 0.717) is 36.0 Å². The number of nitrogens with zero attached hydrogens (tertiary/aromatic N) is 2. The molecule has 0 aliphatic carbocycles. The van der Waals surface area contributed by atoms with Crippen LogP contribution < -0.4 is 10.6 Å². The van der Waals surface area contributed by atoms with Gasteiger partial charge in [0.05, 0.1) is 19.6 Å². The number of phenolic OH excluding ortho intramolecular Hbond substituents is 1. The Balaban J connectivity index is 1.60. The van der Waals surface area contributed by atoms with E-state index in [4.69, 9.17) is 16.3 Å². The summed E-state index contributed by atoms with van der Waals surface area (Å²) in [5.74, 6) is -0.665. The molecule has 3 N–H and O–H groups in total. The lowest BCUT2D eigenvalue weighted by molar-refractivity contribution is -0.115. The minimum Gasteiger partial charge on any atom is -0.508 e. The summed E-state index contributed by atoms with van der Waals surface area (Å²) in [7, 11) is 0. The van der Waals surface area contributed by atoms with Crippen LogP contribution in [0.15, 0.2) is 36.5 Å². The second-order valence-electron chi connectivity index (χ2n) is 8.15. The molecule has 1 aliphatic heterocycles. The van der Waals surface area contributed by atoms with Gasteiger partial charge in [-0.05, 0) is 44.2 Å². The van der Waals surface area contributed by atoms with E-state index in [1.807, 2.05) is 13.8 Å². The van der Waals surface area contributed by atoms with E-state index in [1.165, 1.54) is 18.3 Å². The van der Waals surface area contributed by atoms with Gasteiger partial charge in [-0.1, -0.05) is 11.6 Å². The van der Waals surface area contributed by atoms with Gasteiger partial charge in [0.1, 0.15) is 11.4 Å². The quantitative estimate of drug-likeness (QED) is 0.603. The van der Waals surface area contributed by atoms with Crippen molar-refractivity contribution in [3.63, 3.8) is 0 Å². The number of morpholine rings is 1. The second-order valence-corrected chi connectivity index (χ2v) is 8.59. The largest absolute Gasteiger partial charge is 0.508 e. The first-order valence-electron chi connectivity index (χ1n) is 10.1.